The Labute approximate surface area is 140 Å². The Kier molecular flexibility index (Phi) is 4.10. The predicted molar refractivity (Wildman–Crippen MR) is 90.3 cm³/mol. The number of carbonyl (C=O) groups excluding carboxylic acids is 1. The highest BCUT2D eigenvalue weighted by atomic mass is 16.5. The molecule has 1 N–H and O–H groups in total. The van der Waals surface area contributed by atoms with E-state index in [9.17, 15) is 14.7 Å². The highest BCUT2D eigenvalue weighted by Crippen LogP contribution is 2.35. The van der Waals surface area contributed by atoms with Gasteiger partial charge in [-0.15, -0.1) is 0 Å². The van der Waals surface area contributed by atoms with Crippen molar-refractivity contribution in [2.24, 2.45) is 7.05 Å². The molecule has 0 radical (unpaired) electrons. The van der Waals surface area contributed by atoms with Crippen molar-refractivity contribution in [3.05, 3.63) is 38.8 Å². The van der Waals surface area contributed by atoms with E-state index in [-0.39, 0.29) is 12.2 Å². The van der Waals surface area contributed by atoms with Gasteiger partial charge in [-0.25, -0.2) is 4.79 Å². The van der Waals surface area contributed by atoms with Crippen LogP contribution in [0.2, 0.25) is 0 Å². The maximum atomic E-state index is 12.4. The van der Waals surface area contributed by atoms with Gasteiger partial charge in [0, 0.05) is 36.4 Å². The number of aryl methyl sites for hydroxylation is 1. The molecule has 24 heavy (non-hydrogen) atoms. The van der Waals surface area contributed by atoms with Crippen LogP contribution in [-0.4, -0.2) is 27.9 Å². The molecule has 0 atom stereocenters. The molecule has 3 rings (SSSR count). The van der Waals surface area contributed by atoms with Crippen molar-refractivity contribution in [3.8, 4) is 11.8 Å². The average molecular weight is 327 g/mol. The first-order valence-corrected chi connectivity index (χ1v) is 8.21. The molecule has 0 unspecified atom stereocenters. The Morgan fingerprint density at radius 1 is 1.46 bits per heavy atom. The Hall–Kier alpha value is -2.32. The van der Waals surface area contributed by atoms with Crippen LogP contribution >= 0.6 is 0 Å². The molecule has 0 bridgehead atoms. The van der Waals surface area contributed by atoms with Gasteiger partial charge >= 0.3 is 5.97 Å². The van der Waals surface area contributed by atoms with Crippen LogP contribution in [-0.2, 0) is 23.0 Å². The molecule has 1 fully saturated rings. The summed E-state index contributed by atoms with van der Waals surface area (Å²) in [5.41, 5.74) is 1.92. The van der Waals surface area contributed by atoms with Crippen LogP contribution in [0, 0.1) is 11.8 Å². The maximum absolute atomic E-state index is 12.4. The average Bonchev–Trinajstić information content (AvgIpc) is 2.85. The standard InChI is InChI=1S/C19H21NO4/c1-4-24-18(22)15-12(2)10-14-16(15)13(11-20(3)17(14)21)6-9-19(23)7-5-8-19/h11,23H,4-5,7-8,10H2,1-3H3. The van der Waals surface area contributed by atoms with E-state index in [0.717, 1.165) is 12.0 Å². The number of aromatic nitrogens is 1. The monoisotopic (exact) mass is 327 g/mol. The molecule has 0 spiro atoms. The molecule has 1 aromatic rings. The third kappa shape index (κ3) is 2.67. The Balaban J connectivity index is 2.15. The molecule has 1 aromatic heterocycles. The quantitative estimate of drug-likeness (QED) is 0.661. The van der Waals surface area contributed by atoms with Gasteiger partial charge in [0.1, 0.15) is 5.60 Å². The van der Waals surface area contributed by atoms with E-state index in [0.29, 0.717) is 41.5 Å². The van der Waals surface area contributed by atoms with Crippen LogP contribution in [0.15, 0.2) is 16.6 Å². The largest absolute Gasteiger partial charge is 0.462 e. The zero-order valence-electron chi connectivity index (χ0n) is 14.2. The lowest BCUT2D eigenvalue weighted by atomic mass is 9.81. The molecular formula is C19H21NO4. The van der Waals surface area contributed by atoms with Gasteiger partial charge in [0.25, 0.3) is 5.56 Å². The van der Waals surface area contributed by atoms with Crippen LogP contribution in [0.3, 0.4) is 0 Å². The highest BCUT2D eigenvalue weighted by molar-refractivity contribution is 6.19. The SMILES string of the molecule is CCOC(=O)C1=C(C)Cc2c1c(C#CC1(O)CCC1)cn(C)c2=O. The second-order valence-corrected chi connectivity index (χ2v) is 6.50. The second kappa shape index (κ2) is 5.95. The lowest BCUT2D eigenvalue weighted by Gasteiger charge is -2.30. The smallest absolute Gasteiger partial charge is 0.338 e. The van der Waals surface area contributed by atoms with Crippen LogP contribution in [0.5, 0.6) is 0 Å². The third-order valence-corrected chi connectivity index (χ3v) is 4.68. The van der Waals surface area contributed by atoms with Gasteiger partial charge < -0.3 is 14.4 Å². The minimum Gasteiger partial charge on any atom is -0.462 e. The Morgan fingerprint density at radius 2 is 2.17 bits per heavy atom. The molecule has 5 nitrogen and oxygen atoms in total. The van der Waals surface area contributed by atoms with E-state index in [4.69, 9.17) is 4.74 Å². The first-order valence-electron chi connectivity index (χ1n) is 8.21. The number of allylic oxidation sites excluding steroid dienone is 1. The fourth-order valence-corrected chi connectivity index (χ4v) is 3.21. The molecule has 0 saturated heterocycles. The summed E-state index contributed by atoms with van der Waals surface area (Å²) in [7, 11) is 1.67. The Morgan fingerprint density at radius 3 is 2.75 bits per heavy atom. The lowest BCUT2D eigenvalue weighted by molar-refractivity contribution is -0.136. The van der Waals surface area contributed by atoms with E-state index in [1.165, 1.54) is 4.57 Å². The number of hydrogen-bond donors (Lipinski definition) is 1. The first kappa shape index (κ1) is 16.5. The topological polar surface area (TPSA) is 68.5 Å². The van der Waals surface area contributed by atoms with Crippen LogP contribution in [0.1, 0.15) is 49.8 Å². The summed E-state index contributed by atoms with van der Waals surface area (Å²) in [5.74, 6) is 5.49. The van der Waals surface area contributed by atoms with Crippen molar-refractivity contribution in [3.63, 3.8) is 0 Å². The van der Waals surface area contributed by atoms with E-state index in [1.807, 2.05) is 6.92 Å². The Bertz CT molecular complexity index is 860. The summed E-state index contributed by atoms with van der Waals surface area (Å²) in [6, 6.07) is 0. The number of pyridine rings is 1. The molecule has 5 heteroatoms. The van der Waals surface area contributed by atoms with Crippen molar-refractivity contribution in [2.75, 3.05) is 6.61 Å². The van der Waals surface area contributed by atoms with Crippen molar-refractivity contribution >= 4 is 11.5 Å². The summed E-state index contributed by atoms with van der Waals surface area (Å²) >= 11 is 0. The van der Waals surface area contributed by atoms with Gasteiger partial charge in [-0.3, -0.25) is 4.79 Å². The zero-order valence-corrected chi connectivity index (χ0v) is 14.2. The minimum absolute atomic E-state index is 0.128. The molecule has 0 aromatic carbocycles. The number of aliphatic hydroxyl groups is 1. The summed E-state index contributed by atoms with van der Waals surface area (Å²) < 4.78 is 6.63. The maximum Gasteiger partial charge on any atom is 0.338 e. The molecule has 1 heterocycles. The third-order valence-electron chi connectivity index (χ3n) is 4.68. The molecule has 2 aliphatic rings. The van der Waals surface area contributed by atoms with Crippen molar-refractivity contribution < 1.29 is 14.6 Å². The van der Waals surface area contributed by atoms with Gasteiger partial charge in [0.15, 0.2) is 0 Å². The zero-order chi connectivity index (χ0) is 17.5. The van der Waals surface area contributed by atoms with E-state index < -0.39 is 11.6 Å². The van der Waals surface area contributed by atoms with Crippen LogP contribution in [0.25, 0.3) is 5.57 Å². The number of nitrogens with zero attached hydrogens (tertiary/aromatic N) is 1. The molecular weight excluding hydrogens is 306 g/mol. The van der Waals surface area contributed by atoms with Crippen molar-refractivity contribution in [1.29, 1.82) is 0 Å². The van der Waals surface area contributed by atoms with Gasteiger partial charge in [-0.2, -0.15) is 0 Å². The minimum atomic E-state index is -0.941. The van der Waals surface area contributed by atoms with Crippen molar-refractivity contribution in [2.45, 2.75) is 45.1 Å². The second-order valence-electron chi connectivity index (χ2n) is 6.50. The molecule has 0 amide bonds. The van der Waals surface area contributed by atoms with E-state index >= 15 is 0 Å². The van der Waals surface area contributed by atoms with Gasteiger partial charge in [0.2, 0.25) is 0 Å². The normalized spacial score (nSPS) is 17.7. The number of hydrogen-bond acceptors (Lipinski definition) is 4. The molecule has 2 aliphatic carbocycles. The fraction of sp³-hybridized carbons (Fsp3) is 0.474. The van der Waals surface area contributed by atoms with Crippen LogP contribution < -0.4 is 5.56 Å². The molecule has 1 saturated carbocycles. The van der Waals surface area contributed by atoms with Crippen molar-refractivity contribution in [1.82, 2.24) is 4.57 Å². The van der Waals surface area contributed by atoms with Gasteiger partial charge in [-0.05, 0) is 33.1 Å². The molecule has 0 aliphatic heterocycles. The first-order chi connectivity index (χ1) is 11.4. The van der Waals surface area contributed by atoms with Gasteiger partial charge in [0.05, 0.1) is 12.2 Å². The number of carbonyl (C=O) groups is 1. The number of esters is 1. The number of rotatable bonds is 2. The van der Waals surface area contributed by atoms with Crippen LogP contribution in [0.4, 0.5) is 0 Å². The van der Waals surface area contributed by atoms with E-state index in [1.54, 1.807) is 20.2 Å². The summed E-state index contributed by atoms with van der Waals surface area (Å²) in [5, 5.41) is 10.2. The van der Waals surface area contributed by atoms with Gasteiger partial charge in [-0.1, -0.05) is 17.4 Å². The summed E-state index contributed by atoms with van der Waals surface area (Å²) in [4.78, 5) is 24.8. The molecule has 126 valence electrons. The fourth-order valence-electron chi connectivity index (χ4n) is 3.21. The number of ether oxygens (including phenoxy) is 1. The lowest BCUT2D eigenvalue weighted by Crippen LogP contribution is -2.34. The summed E-state index contributed by atoms with van der Waals surface area (Å²) in [6.45, 7) is 3.86. The van der Waals surface area contributed by atoms with E-state index in [2.05, 4.69) is 11.8 Å². The predicted octanol–water partition coefficient (Wildman–Crippen LogP) is 1.54. The highest BCUT2D eigenvalue weighted by Gasteiger charge is 2.33. The number of fused-ring (bicyclic) bond motifs is 1. The summed E-state index contributed by atoms with van der Waals surface area (Å²) in [6.07, 6.45) is 4.34.